The molecule has 0 saturated carbocycles. The molecule has 1 aliphatic heterocycles. The third-order valence-electron chi connectivity index (χ3n) is 3.73. The van der Waals surface area contributed by atoms with Gasteiger partial charge in [0.1, 0.15) is 4.21 Å². The van der Waals surface area contributed by atoms with Gasteiger partial charge in [-0.15, -0.1) is 11.3 Å². The zero-order chi connectivity index (χ0) is 18.3. The van der Waals surface area contributed by atoms with Gasteiger partial charge in [0.15, 0.2) is 0 Å². The second-order valence-electron chi connectivity index (χ2n) is 6.25. The van der Waals surface area contributed by atoms with Gasteiger partial charge < -0.3 is 10.1 Å². The van der Waals surface area contributed by atoms with Crippen LogP contribution in [0.3, 0.4) is 0 Å². The lowest BCUT2D eigenvalue weighted by molar-refractivity contribution is -0.118. The number of thioether (sulfide) groups is 1. The fourth-order valence-electron chi connectivity index (χ4n) is 2.23. The van der Waals surface area contributed by atoms with Crippen molar-refractivity contribution in [2.24, 2.45) is 5.92 Å². The van der Waals surface area contributed by atoms with E-state index in [1.807, 2.05) is 0 Å². The largest absolute Gasteiger partial charge is 0.379 e. The molecule has 0 atom stereocenters. The Kier molecular flexibility index (Phi) is 8.21. The SMILES string of the molecule is CC(C)CCSCC(=O)NCc1ccc(S(=O)(=O)N2CCOCC2)s1. The maximum absolute atomic E-state index is 12.6. The molecule has 0 radical (unpaired) electrons. The van der Waals surface area contributed by atoms with E-state index in [0.29, 0.717) is 48.7 Å². The van der Waals surface area contributed by atoms with Crippen LogP contribution in [0.5, 0.6) is 0 Å². The Balaban J connectivity index is 1.80. The normalized spacial score (nSPS) is 16.3. The lowest BCUT2D eigenvalue weighted by Crippen LogP contribution is -2.40. The molecule has 0 aromatic carbocycles. The third-order valence-corrected chi connectivity index (χ3v) is 8.18. The highest BCUT2D eigenvalue weighted by Crippen LogP contribution is 2.25. The number of rotatable bonds is 9. The van der Waals surface area contributed by atoms with Crippen LogP contribution in [0, 0.1) is 5.92 Å². The highest BCUT2D eigenvalue weighted by molar-refractivity contribution is 7.99. The van der Waals surface area contributed by atoms with E-state index in [9.17, 15) is 13.2 Å². The lowest BCUT2D eigenvalue weighted by Gasteiger charge is -2.25. The Morgan fingerprint density at radius 3 is 2.76 bits per heavy atom. The van der Waals surface area contributed by atoms with Crippen LogP contribution in [-0.4, -0.2) is 56.4 Å². The maximum Gasteiger partial charge on any atom is 0.252 e. The number of morpholine rings is 1. The van der Waals surface area contributed by atoms with E-state index in [1.54, 1.807) is 23.9 Å². The summed E-state index contributed by atoms with van der Waals surface area (Å²) >= 11 is 2.85. The van der Waals surface area contributed by atoms with Crippen molar-refractivity contribution in [2.75, 3.05) is 37.8 Å². The number of nitrogens with one attached hydrogen (secondary N) is 1. The Morgan fingerprint density at radius 2 is 2.08 bits per heavy atom. The first-order valence-corrected chi connectivity index (χ1v) is 11.8. The van der Waals surface area contributed by atoms with Crippen LogP contribution in [0.4, 0.5) is 0 Å². The van der Waals surface area contributed by atoms with Gasteiger partial charge in [-0.05, 0) is 30.2 Å². The Labute approximate surface area is 158 Å². The molecule has 0 bridgehead atoms. The van der Waals surface area contributed by atoms with Gasteiger partial charge >= 0.3 is 0 Å². The Morgan fingerprint density at radius 1 is 1.36 bits per heavy atom. The van der Waals surface area contributed by atoms with Crippen LogP contribution in [0.2, 0.25) is 0 Å². The minimum Gasteiger partial charge on any atom is -0.379 e. The van der Waals surface area contributed by atoms with E-state index >= 15 is 0 Å². The van der Waals surface area contributed by atoms with Crippen LogP contribution in [0.25, 0.3) is 0 Å². The summed E-state index contributed by atoms with van der Waals surface area (Å²) in [6, 6.07) is 3.39. The summed E-state index contributed by atoms with van der Waals surface area (Å²) in [6.07, 6.45) is 1.10. The molecule has 1 aliphatic rings. The van der Waals surface area contributed by atoms with Gasteiger partial charge in [0.05, 0.1) is 25.5 Å². The summed E-state index contributed by atoms with van der Waals surface area (Å²) in [5.74, 6) is 2.05. The Bertz CT molecular complexity index is 652. The number of hydrogen-bond donors (Lipinski definition) is 1. The predicted octanol–water partition coefficient (Wildman–Crippen LogP) is 2.16. The van der Waals surface area contributed by atoms with Gasteiger partial charge in [-0.25, -0.2) is 8.42 Å². The zero-order valence-electron chi connectivity index (χ0n) is 14.7. The van der Waals surface area contributed by atoms with E-state index in [0.717, 1.165) is 17.1 Å². The van der Waals surface area contributed by atoms with E-state index in [2.05, 4.69) is 19.2 Å². The molecule has 9 heteroatoms. The summed E-state index contributed by atoms with van der Waals surface area (Å²) < 4.78 is 32.1. The molecule has 1 aromatic rings. The minimum atomic E-state index is -3.45. The molecule has 0 aliphatic carbocycles. The molecular weight excluding hydrogens is 380 g/mol. The molecule has 1 N–H and O–H groups in total. The molecule has 0 spiro atoms. The predicted molar refractivity (Wildman–Crippen MR) is 103 cm³/mol. The molecule has 142 valence electrons. The molecule has 1 saturated heterocycles. The van der Waals surface area contributed by atoms with Crippen molar-refractivity contribution in [3.8, 4) is 0 Å². The van der Waals surface area contributed by atoms with Gasteiger partial charge in [-0.2, -0.15) is 16.1 Å². The molecule has 2 heterocycles. The first kappa shape index (κ1) is 20.7. The Hall–Kier alpha value is -0.610. The van der Waals surface area contributed by atoms with Crippen molar-refractivity contribution in [1.82, 2.24) is 9.62 Å². The quantitative estimate of drug-likeness (QED) is 0.636. The number of hydrogen-bond acceptors (Lipinski definition) is 6. The van der Waals surface area contributed by atoms with Crippen molar-refractivity contribution in [3.63, 3.8) is 0 Å². The third kappa shape index (κ3) is 6.56. The smallest absolute Gasteiger partial charge is 0.252 e. The summed E-state index contributed by atoms with van der Waals surface area (Å²) in [7, 11) is -3.45. The topological polar surface area (TPSA) is 75.7 Å². The molecule has 6 nitrogen and oxygen atoms in total. The number of thiophene rings is 1. The monoisotopic (exact) mass is 406 g/mol. The first-order valence-electron chi connectivity index (χ1n) is 8.40. The highest BCUT2D eigenvalue weighted by Gasteiger charge is 2.27. The summed E-state index contributed by atoms with van der Waals surface area (Å²) in [5, 5.41) is 2.85. The van der Waals surface area contributed by atoms with Crippen LogP contribution in [0.1, 0.15) is 25.1 Å². The summed E-state index contributed by atoms with van der Waals surface area (Å²) in [4.78, 5) is 12.7. The fourth-order valence-corrected chi connectivity index (χ4v) is 6.15. The van der Waals surface area contributed by atoms with Crippen LogP contribution >= 0.6 is 23.1 Å². The van der Waals surface area contributed by atoms with Crippen molar-refractivity contribution in [2.45, 2.75) is 31.0 Å². The molecule has 0 unspecified atom stereocenters. The van der Waals surface area contributed by atoms with Gasteiger partial charge in [0.25, 0.3) is 10.0 Å². The second kappa shape index (κ2) is 9.91. The number of sulfonamides is 1. The van der Waals surface area contributed by atoms with E-state index in [1.165, 1.54) is 15.6 Å². The van der Waals surface area contributed by atoms with Crippen molar-refractivity contribution in [1.29, 1.82) is 0 Å². The molecule has 25 heavy (non-hydrogen) atoms. The summed E-state index contributed by atoms with van der Waals surface area (Å²) in [6.45, 7) is 6.34. The number of carbonyl (C=O) groups excluding carboxylic acids is 1. The highest BCUT2D eigenvalue weighted by atomic mass is 32.2. The van der Waals surface area contributed by atoms with Crippen LogP contribution < -0.4 is 5.32 Å². The zero-order valence-corrected chi connectivity index (χ0v) is 17.1. The molecule has 1 aromatic heterocycles. The van der Waals surface area contributed by atoms with Crippen molar-refractivity contribution in [3.05, 3.63) is 17.0 Å². The second-order valence-corrected chi connectivity index (χ2v) is 10.7. The number of amides is 1. The first-order chi connectivity index (χ1) is 11.9. The standard InChI is InChI=1S/C16H26N2O4S3/c1-13(2)5-10-23-12-15(19)17-11-14-3-4-16(24-14)25(20,21)18-6-8-22-9-7-18/h3-4,13H,5-12H2,1-2H3,(H,17,19). The minimum absolute atomic E-state index is 0.0141. The average molecular weight is 407 g/mol. The van der Waals surface area contributed by atoms with Gasteiger partial charge in [-0.1, -0.05) is 13.8 Å². The van der Waals surface area contributed by atoms with Crippen molar-refractivity contribution >= 4 is 39.0 Å². The number of carbonyl (C=O) groups is 1. The molecule has 1 amide bonds. The van der Waals surface area contributed by atoms with Gasteiger partial charge in [-0.3, -0.25) is 4.79 Å². The van der Waals surface area contributed by atoms with E-state index in [-0.39, 0.29) is 5.91 Å². The average Bonchev–Trinajstić information content (AvgIpc) is 3.07. The fraction of sp³-hybridized carbons (Fsp3) is 0.688. The van der Waals surface area contributed by atoms with Crippen LogP contribution in [-0.2, 0) is 26.1 Å². The molecular formula is C16H26N2O4S3. The van der Waals surface area contributed by atoms with E-state index in [4.69, 9.17) is 4.74 Å². The van der Waals surface area contributed by atoms with Crippen LogP contribution in [0.15, 0.2) is 16.3 Å². The molecule has 2 rings (SSSR count). The van der Waals surface area contributed by atoms with Gasteiger partial charge in [0, 0.05) is 18.0 Å². The lowest BCUT2D eigenvalue weighted by atomic mass is 10.2. The number of ether oxygens (including phenoxy) is 1. The van der Waals surface area contributed by atoms with E-state index < -0.39 is 10.0 Å². The molecule has 1 fully saturated rings. The summed E-state index contributed by atoms with van der Waals surface area (Å²) in [5.41, 5.74) is 0. The maximum atomic E-state index is 12.6. The number of nitrogens with zero attached hydrogens (tertiary/aromatic N) is 1. The van der Waals surface area contributed by atoms with Crippen molar-refractivity contribution < 1.29 is 17.9 Å². The van der Waals surface area contributed by atoms with Gasteiger partial charge in [0.2, 0.25) is 5.91 Å².